The number of allylic oxidation sites excluding steroid dienone is 1. The van der Waals surface area contributed by atoms with Crippen molar-refractivity contribution in [2.75, 3.05) is 0 Å². The van der Waals surface area contributed by atoms with Crippen LogP contribution in [-0.2, 0) is 16.4 Å². The summed E-state index contributed by atoms with van der Waals surface area (Å²) in [5, 5.41) is 19.5. The van der Waals surface area contributed by atoms with Gasteiger partial charge < -0.3 is 4.74 Å². The number of hydrogen-bond donors (Lipinski definition) is 2. The number of nitrogens with one attached hydrogen (secondary N) is 2. The van der Waals surface area contributed by atoms with Gasteiger partial charge in [0.05, 0.1) is 22.2 Å². The maximum absolute atomic E-state index is 13.6. The molecular formula is C21H21F3N4O2. The molecular weight excluding hydrogens is 397 g/mol. The normalized spacial score (nSPS) is 18.7. The van der Waals surface area contributed by atoms with Crippen molar-refractivity contribution in [1.29, 1.82) is 5.26 Å². The molecule has 0 aliphatic carbocycles. The molecule has 2 heterocycles. The molecule has 2 N–H and O–H groups in total. The lowest BCUT2D eigenvalue weighted by molar-refractivity contribution is -0.137. The van der Waals surface area contributed by atoms with Gasteiger partial charge in [0.2, 0.25) is 17.7 Å². The first-order chi connectivity index (χ1) is 13.9. The fourth-order valence-corrected chi connectivity index (χ4v) is 4.17. The van der Waals surface area contributed by atoms with E-state index in [1.54, 1.807) is 33.8 Å². The van der Waals surface area contributed by atoms with E-state index in [2.05, 4.69) is 21.6 Å². The molecule has 1 atom stereocenters. The molecule has 9 heteroatoms. The summed E-state index contributed by atoms with van der Waals surface area (Å²) in [6.45, 7) is 8.12. The number of fused-ring (bicyclic) bond motifs is 1. The van der Waals surface area contributed by atoms with Gasteiger partial charge in [-0.25, -0.2) is 5.10 Å². The summed E-state index contributed by atoms with van der Waals surface area (Å²) < 4.78 is 46.5. The molecule has 0 saturated heterocycles. The second-order valence-corrected chi connectivity index (χ2v) is 7.66. The zero-order chi connectivity index (χ0) is 22.4. The average molecular weight is 418 g/mol. The van der Waals surface area contributed by atoms with Crippen LogP contribution in [0.2, 0.25) is 0 Å². The van der Waals surface area contributed by atoms with Crippen molar-refractivity contribution in [3.05, 3.63) is 57.6 Å². The van der Waals surface area contributed by atoms with Crippen molar-refractivity contribution in [2.24, 2.45) is 5.92 Å². The second kappa shape index (κ2) is 7.20. The third-order valence-corrected chi connectivity index (χ3v) is 5.26. The highest BCUT2D eigenvalue weighted by molar-refractivity contribution is 5.76. The van der Waals surface area contributed by atoms with Crippen LogP contribution in [0.15, 0.2) is 29.7 Å². The van der Waals surface area contributed by atoms with E-state index in [1.807, 2.05) is 0 Å². The maximum atomic E-state index is 13.6. The Bertz CT molecular complexity index is 1090. The van der Waals surface area contributed by atoms with Crippen LogP contribution >= 0.6 is 0 Å². The first kappa shape index (κ1) is 21.4. The first-order valence-electron chi connectivity index (χ1n) is 9.28. The Labute approximate surface area is 171 Å². The number of aryl methyl sites for hydroxylation is 2. The molecule has 0 radical (unpaired) electrons. The van der Waals surface area contributed by atoms with Gasteiger partial charge in [-0.1, -0.05) is 25.5 Å². The number of halogens is 3. The lowest BCUT2D eigenvalue weighted by Gasteiger charge is -2.41. The number of aromatic nitrogens is 2. The predicted octanol–water partition coefficient (Wildman–Crippen LogP) is 4.25. The van der Waals surface area contributed by atoms with Crippen LogP contribution in [-0.4, -0.2) is 16.1 Å². The summed E-state index contributed by atoms with van der Waals surface area (Å²) in [5.41, 5.74) is -0.479. The van der Waals surface area contributed by atoms with E-state index in [-0.39, 0.29) is 28.8 Å². The van der Waals surface area contributed by atoms with Gasteiger partial charge >= 0.3 is 6.18 Å². The maximum Gasteiger partial charge on any atom is 0.416 e. The third-order valence-electron chi connectivity index (χ3n) is 5.26. The minimum Gasteiger partial charge on any atom is -0.422 e. The van der Waals surface area contributed by atoms with Crippen LogP contribution in [0.25, 0.3) is 0 Å². The lowest BCUT2D eigenvalue weighted by atomic mass is 9.61. The number of aromatic amines is 1. The van der Waals surface area contributed by atoms with Crippen LogP contribution in [0.4, 0.5) is 13.2 Å². The molecule has 0 saturated carbocycles. The quantitative estimate of drug-likeness (QED) is 0.780. The number of hydrogen-bond acceptors (Lipinski definition) is 4. The first-order valence-corrected chi connectivity index (χ1v) is 9.28. The molecule has 0 fully saturated rings. The number of nitriles is 1. The molecule has 3 rings (SSSR count). The Morgan fingerprint density at radius 1 is 1.30 bits per heavy atom. The van der Waals surface area contributed by atoms with Crippen LogP contribution in [0, 0.1) is 31.1 Å². The van der Waals surface area contributed by atoms with E-state index in [0.29, 0.717) is 16.8 Å². The molecule has 0 spiro atoms. The Morgan fingerprint density at radius 2 is 1.97 bits per heavy atom. The number of nitrogens with zero attached hydrogens (tertiary/aromatic N) is 2. The largest absolute Gasteiger partial charge is 0.422 e. The van der Waals surface area contributed by atoms with Gasteiger partial charge in [0.1, 0.15) is 11.6 Å². The van der Waals surface area contributed by atoms with Crippen LogP contribution in [0.3, 0.4) is 0 Å². The topological polar surface area (TPSA) is 90.8 Å². The van der Waals surface area contributed by atoms with Crippen molar-refractivity contribution in [1.82, 2.24) is 15.5 Å². The zero-order valence-corrected chi connectivity index (χ0v) is 17.2. The fraction of sp³-hybridized carbons (Fsp3) is 0.381. The predicted molar refractivity (Wildman–Crippen MR) is 102 cm³/mol. The van der Waals surface area contributed by atoms with E-state index in [4.69, 9.17) is 4.74 Å². The monoisotopic (exact) mass is 418 g/mol. The van der Waals surface area contributed by atoms with E-state index in [1.165, 1.54) is 6.92 Å². The smallest absolute Gasteiger partial charge is 0.416 e. The minimum absolute atomic E-state index is 0.0171. The van der Waals surface area contributed by atoms with E-state index in [0.717, 1.165) is 12.1 Å². The second-order valence-electron chi connectivity index (χ2n) is 7.66. The number of benzene rings is 1. The number of H-pyrrole nitrogens is 1. The number of carbonyl (C=O) groups is 1. The Balaban J connectivity index is 2.48. The van der Waals surface area contributed by atoms with Crippen LogP contribution in [0.5, 0.6) is 5.88 Å². The molecule has 2 aromatic rings. The summed E-state index contributed by atoms with van der Waals surface area (Å²) in [5.74, 6) is -0.794. The molecule has 1 amide bonds. The van der Waals surface area contributed by atoms with Gasteiger partial charge in [0.25, 0.3) is 0 Å². The van der Waals surface area contributed by atoms with E-state index >= 15 is 0 Å². The number of carbonyl (C=O) groups excluding carboxylic acids is 1. The summed E-state index contributed by atoms with van der Waals surface area (Å²) in [6, 6.07) is 5.82. The average Bonchev–Trinajstić information content (AvgIpc) is 2.99. The molecule has 1 aromatic heterocycles. The Hall–Kier alpha value is -3.28. The van der Waals surface area contributed by atoms with E-state index in [9.17, 15) is 23.2 Å². The Morgan fingerprint density at radius 3 is 2.50 bits per heavy atom. The molecule has 1 unspecified atom stereocenters. The summed E-state index contributed by atoms with van der Waals surface area (Å²) in [6.07, 6.45) is -4.56. The Kier molecular flexibility index (Phi) is 5.14. The van der Waals surface area contributed by atoms with Crippen LogP contribution < -0.4 is 10.1 Å². The molecule has 1 aliphatic rings. The number of rotatable bonds is 3. The summed E-state index contributed by atoms with van der Waals surface area (Å²) in [7, 11) is 0. The molecule has 30 heavy (non-hydrogen) atoms. The number of alkyl halides is 3. The van der Waals surface area contributed by atoms with Crippen molar-refractivity contribution in [2.45, 2.75) is 46.2 Å². The zero-order valence-electron chi connectivity index (χ0n) is 17.2. The highest BCUT2D eigenvalue weighted by Gasteiger charge is 2.51. The molecule has 1 aliphatic heterocycles. The van der Waals surface area contributed by atoms with Crippen molar-refractivity contribution in [3.8, 4) is 11.9 Å². The third kappa shape index (κ3) is 3.22. The standard InChI is InChI=1S/C21H21F3N4O2/c1-10(2)20(14-6-11(3)7-15(8-14)21(22,23)24)16(9-25)18(26-13(5)29)30-19-17(20)12(4)27-28-19/h6-8,10H,1-5H3,(H,26,29)(H,27,28). The van der Waals surface area contributed by atoms with Gasteiger partial charge in [-0.05, 0) is 37.5 Å². The summed E-state index contributed by atoms with van der Waals surface area (Å²) >= 11 is 0. The van der Waals surface area contributed by atoms with Gasteiger partial charge in [0.15, 0.2) is 0 Å². The van der Waals surface area contributed by atoms with Crippen LogP contribution in [0.1, 0.15) is 48.7 Å². The van der Waals surface area contributed by atoms with Gasteiger partial charge in [-0.2, -0.15) is 23.5 Å². The SMILES string of the molecule is CC(=O)NC1=C(C#N)C(c2cc(C)cc(C(F)(F)F)c2)(C(C)C)c2c(C)n[nH]c2O1. The molecule has 1 aromatic carbocycles. The summed E-state index contributed by atoms with van der Waals surface area (Å²) in [4.78, 5) is 11.7. The van der Waals surface area contributed by atoms with Gasteiger partial charge in [0, 0.05) is 6.92 Å². The molecule has 158 valence electrons. The van der Waals surface area contributed by atoms with Crippen molar-refractivity contribution >= 4 is 5.91 Å². The van der Waals surface area contributed by atoms with E-state index < -0.39 is 23.1 Å². The molecule has 6 nitrogen and oxygen atoms in total. The minimum atomic E-state index is -4.56. The van der Waals surface area contributed by atoms with Gasteiger partial charge in [-0.3, -0.25) is 10.1 Å². The highest BCUT2D eigenvalue weighted by atomic mass is 19.4. The molecule has 0 bridgehead atoms. The van der Waals surface area contributed by atoms with Gasteiger partial charge in [-0.15, -0.1) is 0 Å². The number of ether oxygens (including phenoxy) is 1. The highest BCUT2D eigenvalue weighted by Crippen LogP contribution is 2.53. The van der Waals surface area contributed by atoms with Crippen molar-refractivity contribution < 1.29 is 22.7 Å². The lowest BCUT2D eigenvalue weighted by Crippen LogP contribution is -2.43. The number of amides is 1. The fourth-order valence-electron chi connectivity index (χ4n) is 4.17. The van der Waals surface area contributed by atoms with Crippen molar-refractivity contribution in [3.63, 3.8) is 0 Å².